The van der Waals surface area contributed by atoms with Gasteiger partial charge in [-0.3, -0.25) is 0 Å². The Bertz CT molecular complexity index is 228. The van der Waals surface area contributed by atoms with Gasteiger partial charge in [0.15, 0.2) is 0 Å². The van der Waals surface area contributed by atoms with Gasteiger partial charge in [0.2, 0.25) is 0 Å². The minimum absolute atomic E-state index is 0. The van der Waals surface area contributed by atoms with E-state index in [4.69, 9.17) is 21.0 Å². The molecule has 0 amide bonds. The van der Waals surface area contributed by atoms with Gasteiger partial charge in [0.25, 0.3) is 0 Å². The minimum Gasteiger partial charge on any atom is -0.418 e. The maximum absolute atomic E-state index is 9.75. The number of hydrogen-bond donors (Lipinski definition) is 0. The number of nitriles is 4. The van der Waals surface area contributed by atoms with Crippen molar-refractivity contribution >= 4 is 7.25 Å². The standard InChI is InChI=1S/4C2H3N.BF4.Cu/c4*1-2-3;2-1(3,4)5;/h4*1H3;;/q;;;;-1;. The summed E-state index contributed by atoms with van der Waals surface area (Å²) >= 11 is 0. The number of halogens is 4. The van der Waals surface area contributed by atoms with Crippen LogP contribution in [0.15, 0.2) is 0 Å². The Morgan fingerprint density at radius 2 is 0.611 bits per heavy atom. The Balaban J connectivity index is -0.0000000252. The van der Waals surface area contributed by atoms with Gasteiger partial charge in [-0.2, -0.15) is 21.0 Å². The van der Waals surface area contributed by atoms with Gasteiger partial charge in [0, 0.05) is 44.8 Å². The summed E-state index contributed by atoms with van der Waals surface area (Å²) in [6.45, 7) is 5.72. The Labute approximate surface area is 115 Å². The summed E-state index contributed by atoms with van der Waals surface area (Å²) in [5, 5.41) is 29.3. The van der Waals surface area contributed by atoms with E-state index in [0.717, 1.165) is 0 Å². The molecular weight excluding hydrogens is 302 g/mol. The van der Waals surface area contributed by atoms with Crippen molar-refractivity contribution < 1.29 is 34.3 Å². The zero-order valence-electron chi connectivity index (χ0n) is 10.2. The molecule has 0 rings (SSSR count). The number of nitrogens with zero attached hydrogens (tertiary/aromatic N) is 4. The molecule has 0 aliphatic carbocycles. The maximum Gasteiger partial charge on any atom is 0.673 e. The van der Waals surface area contributed by atoms with Crippen LogP contribution in [0.5, 0.6) is 0 Å². The summed E-state index contributed by atoms with van der Waals surface area (Å²) in [7, 11) is -6.00. The Hall–Kier alpha value is -1.74. The van der Waals surface area contributed by atoms with Crippen LogP contribution in [0.4, 0.5) is 17.3 Å². The summed E-state index contributed by atoms with van der Waals surface area (Å²) in [5.41, 5.74) is 0. The molecule has 1 radical (unpaired) electrons. The van der Waals surface area contributed by atoms with E-state index in [-0.39, 0.29) is 17.1 Å². The molecule has 0 heterocycles. The van der Waals surface area contributed by atoms with Gasteiger partial charge in [-0.25, -0.2) is 0 Å². The summed E-state index contributed by atoms with van der Waals surface area (Å²) in [5.74, 6) is 0. The largest absolute Gasteiger partial charge is 0.673 e. The van der Waals surface area contributed by atoms with Gasteiger partial charge in [-0.1, -0.05) is 0 Å². The van der Waals surface area contributed by atoms with Crippen LogP contribution in [-0.4, -0.2) is 7.25 Å². The molecule has 0 aromatic carbocycles. The first-order valence-corrected chi connectivity index (χ1v) is 3.77. The van der Waals surface area contributed by atoms with Crippen molar-refractivity contribution in [2.75, 3.05) is 0 Å². The molecular formula is C8H12BCuF4N4-. The average molecular weight is 315 g/mol. The molecule has 0 aliphatic rings. The molecule has 0 fully saturated rings. The summed E-state index contributed by atoms with van der Waals surface area (Å²) in [4.78, 5) is 0. The molecule has 0 saturated heterocycles. The van der Waals surface area contributed by atoms with Crippen molar-refractivity contribution in [1.82, 2.24) is 0 Å². The van der Waals surface area contributed by atoms with Crippen LogP contribution in [0, 0.1) is 45.3 Å². The third-order valence-corrected chi connectivity index (χ3v) is 0. The summed E-state index contributed by atoms with van der Waals surface area (Å²) < 4.78 is 39.0. The van der Waals surface area contributed by atoms with Crippen molar-refractivity contribution in [3.63, 3.8) is 0 Å². The van der Waals surface area contributed by atoms with Gasteiger partial charge >= 0.3 is 7.25 Å². The summed E-state index contributed by atoms with van der Waals surface area (Å²) in [6.07, 6.45) is 0. The van der Waals surface area contributed by atoms with Gasteiger partial charge in [-0.15, -0.1) is 0 Å². The maximum atomic E-state index is 9.75. The predicted molar refractivity (Wildman–Crippen MR) is 55.3 cm³/mol. The molecule has 18 heavy (non-hydrogen) atoms. The molecule has 0 spiro atoms. The van der Waals surface area contributed by atoms with E-state index in [1.807, 2.05) is 0 Å². The molecule has 0 bridgehead atoms. The Kier molecular flexibility index (Phi) is 90.9. The van der Waals surface area contributed by atoms with E-state index in [1.165, 1.54) is 27.7 Å². The third kappa shape index (κ3) is 833. The smallest absolute Gasteiger partial charge is 0.418 e. The number of hydrogen-bond acceptors (Lipinski definition) is 4. The van der Waals surface area contributed by atoms with Gasteiger partial charge in [0.05, 0.1) is 24.3 Å². The first-order chi connectivity index (χ1) is 7.66. The first kappa shape index (κ1) is 36.0. The molecule has 0 saturated carbocycles. The van der Waals surface area contributed by atoms with E-state index in [2.05, 4.69) is 0 Å². The third-order valence-electron chi connectivity index (χ3n) is 0. The van der Waals surface area contributed by atoms with Crippen molar-refractivity contribution in [2.45, 2.75) is 27.7 Å². The van der Waals surface area contributed by atoms with Crippen molar-refractivity contribution in [3.8, 4) is 24.3 Å². The average Bonchev–Trinajstić information content (AvgIpc) is 2.04. The van der Waals surface area contributed by atoms with E-state index in [1.54, 1.807) is 24.3 Å². The predicted octanol–water partition coefficient (Wildman–Crippen LogP) is 3.42. The minimum atomic E-state index is -6.00. The molecule has 0 aliphatic heterocycles. The zero-order chi connectivity index (χ0) is 15.3. The van der Waals surface area contributed by atoms with E-state index < -0.39 is 7.25 Å². The molecule has 0 N–H and O–H groups in total. The fourth-order valence-electron chi connectivity index (χ4n) is 0. The molecule has 0 aromatic heterocycles. The second kappa shape index (κ2) is 45.5. The molecule has 0 unspecified atom stereocenters. The summed E-state index contributed by atoms with van der Waals surface area (Å²) in [6, 6.07) is 7.00. The van der Waals surface area contributed by atoms with E-state index in [9.17, 15) is 17.3 Å². The number of rotatable bonds is 0. The topological polar surface area (TPSA) is 95.2 Å². The first-order valence-electron chi connectivity index (χ1n) is 3.77. The van der Waals surface area contributed by atoms with Crippen molar-refractivity contribution in [1.29, 1.82) is 21.0 Å². The molecule has 0 atom stereocenters. The molecule has 107 valence electrons. The van der Waals surface area contributed by atoms with E-state index >= 15 is 0 Å². The second-order valence-electron chi connectivity index (χ2n) is 1.39. The van der Waals surface area contributed by atoms with E-state index in [0.29, 0.717) is 0 Å². The van der Waals surface area contributed by atoms with Crippen LogP contribution in [0.2, 0.25) is 0 Å². The SMILES string of the molecule is CC#N.CC#N.CC#N.CC#N.F[B-](F)(F)F.[Cu]. The second-order valence-corrected chi connectivity index (χ2v) is 1.39. The quantitative estimate of drug-likeness (QED) is 0.505. The van der Waals surface area contributed by atoms with Crippen LogP contribution in [-0.2, 0) is 17.1 Å². The van der Waals surface area contributed by atoms with Crippen molar-refractivity contribution in [2.24, 2.45) is 0 Å². The Morgan fingerprint density at radius 1 is 0.611 bits per heavy atom. The normalized spacial score (nSPS) is 5.11. The van der Waals surface area contributed by atoms with Gasteiger partial charge < -0.3 is 17.3 Å². The molecule has 4 nitrogen and oxygen atoms in total. The van der Waals surface area contributed by atoms with Gasteiger partial charge in [-0.05, 0) is 0 Å². The Morgan fingerprint density at radius 3 is 0.611 bits per heavy atom. The fourth-order valence-corrected chi connectivity index (χ4v) is 0. The molecule has 0 aromatic rings. The fraction of sp³-hybridized carbons (Fsp3) is 0.500. The van der Waals surface area contributed by atoms with Crippen LogP contribution in [0.3, 0.4) is 0 Å². The van der Waals surface area contributed by atoms with Crippen LogP contribution in [0.25, 0.3) is 0 Å². The van der Waals surface area contributed by atoms with Crippen LogP contribution in [0.1, 0.15) is 27.7 Å². The van der Waals surface area contributed by atoms with Crippen LogP contribution >= 0.6 is 0 Å². The van der Waals surface area contributed by atoms with Gasteiger partial charge in [0.1, 0.15) is 0 Å². The zero-order valence-corrected chi connectivity index (χ0v) is 11.1. The monoisotopic (exact) mass is 314 g/mol. The van der Waals surface area contributed by atoms with Crippen molar-refractivity contribution in [3.05, 3.63) is 0 Å². The molecule has 10 heteroatoms. The van der Waals surface area contributed by atoms with Crippen LogP contribution < -0.4 is 0 Å².